The van der Waals surface area contributed by atoms with Crippen LogP contribution >= 0.6 is 11.3 Å². The molecule has 0 N–H and O–H groups in total. The van der Waals surface area contributed by atoms with Crippen molar-refractivity contribution in [3.63, 3.8) is 0 Å². The van der Waals surface area contributed by atoms with Crippen molar-refractivity contribution in [3.8, 4) is 10.6 Å². The molecule has 72 valence electrons. The molecule has 0 unspecified atom stereocenters. The number of hydrogen-bond donors (Lipinski definition) is 0. The van der Waals surface area contributed by atoms with Gasteiger partial charge in [-0.05, 0) is 23.6 Å². The monoisotopic (exact) mass is 213 g/mol. The van der Waals surface area contributed by atoms with Crippen LogP contribution in [-0.2, 0) is 0 Å². The Balaban J connectivity index is 2.22. The van der Waals surface area contributed by atoms with Crippen molar-refractivity contribution >= 4 is 22.5 Å². The second-order valence-corrected chi connectivity index (χ2v) is 4.03. The molecule has 3 heterocycles. The molecule has 3 rings (SSSR count). The lowest BCUT2D eigenvalue weighted by Gasteiger charge is -1.98. The van der Waals surface area contributed by atoms with Crippen LogP contribution in [0.2, 0.25) is 0 Å². The summed E-state index contributed by atoms with van der Waals surface area (Å²) >= 11 is 1.65. The average Bonchev–Trinajstić information content (AvgIpc) is 2.82. The summed E-state index contributed by atoms with van der Waals surface area (Å²) in [6, 6.07) is 7.81. The van der Waals surface area contributed by atoms with E-state index in [9.17, 15) is 0 Å². The van der Waals surface area contributed by atoms with Crippen LogP contribution in [-0.4, -0.2) is 15.0 Å². The normalized spacial score (nSPS) is 10.7. The lowest BCUT2D eigenvalue weighted by atomic mass is 10.3. The Kier molecular flexibility index (Phi) is 1.93. The minimum absolute atomic E-state index is 0.698. The summed E-state index contributed by atoms with van der Waals surface area (Å²) in [5, 5.41) is 2.03. The van der Waals surface area contributed by atoms with Crippen LogP contribution in [0.1, 0.15) is 0 Å². The third-order valence-electron chi connectivity index (χ3n) is 2.09. The summed E-state index contributed by atoms with van der Waals surface area (Å²) in [4.78, 5) is 14.1. The molecule has 0 spiro atoms. The zero-order chi connectivity index (χ0) is 10.1. The van der Waals surface area contributed by atoms with Gasteiger partial charge in [-0.3, -0.25) is 4.98 Å². The summed E-state index contributed by atoms with van der Waals surface area (Å²) in [5.74, 6) is 0. The molecule has 0 radical (unpaired) electrons. The Morgan fingerprint density at radius 2 is 2.07 bits per heavy atom. The van der Waals surface area contributed by atoms with Crippen molar-refractivity contribution in [2.24, 2.45) is 0 Å². The first-order valence-electron chi connectivity index (χ1n) is 4.55. The highest BCUT2D eigenvalue weighted by molar-refractivity contribution is 7.13. The molecule has 0 aliphatic rings. The number of pyridine rings is 1. The van der Waals surface area contributed by atoms with Crippen LogP contribution in [0.3, 0.4) is 0 Å². The third-order valence-corrected chi connectivity index (χ3v) is 2.98. The maximum Gasteiger partial charge on any atom is 0.178 e. The number of fused-ring (bicyclic) bond motifs is 1. The van der Waals surface area contributed by atoms with Gasteiger partial charge in [0.1, 0.15) is 11.2 Å². The molecule has 0 aromatic carbocycles. The Bertz CT molecular complexity index is 590. The van der Waals surface area contributed by atoms with Gasteiger partial charge in [0.15, 0.2) is 5.65 Å². The molecule has 0 amide bonds. The average molecular weight is 213 g/mol. The fourth-order valence-electron chi connectivity index (χ4n) is 1.39. The highest BCUT2D eigenvalue weighted by Crippen LogP contribution is 2.22. The molecule has 0 saturated carbocycles. The van der Waals surface area contributed by atoms with Gasteiger partial charge in [0.25, 0.3) is 0 Å². The highest BCUT2D eigenvalue weighted by Gasteiger charge is 2.02. The molecular weight excluding hydrogens is 206 g/mol. The first-order chi connectivity index (χ1) is 7.43. The Morgan fingerprint density at radius 1 is 1.07 bits per heavy atom. The fourth-order valence-corrected chi connectivity index (χ4v) is 2.07. The minimum atomic E-state index is 0.698. The number of thiophene rings is 1. The molecule has 3 nitrogen and oxygen atoms in total. The van der Waals surface area contributed by atoms with E-state index in [-0.39, 0.29) is 0 Å². The number of nitrogens with zero attached hydrogens (tertiary/aromatic N) is 3. The maximum atomic E-state index is 4.45. The predicted molar refractivity (Wildman–Crippen MR) is 60.6 cm³/mol. The van der Waals surface area contributed by atoms with Gasteiger partial charge in [-0.1, -0.05) is 6.07 Å². The van der Waals surface area contributed by atoms with Crippen LogP contribution in [0.5, 0.6) is 0 Å². The van der Waals surface area contributed by atoms with E-state index in [0.717, 1.165) is 16.1 Å². The summed E-state index contributed by atoms with van der Waals surface area (Å²) in [5.41, 5.74) is 2.41. The van der Waals surface area contributed by atoms with Crippen molar-refractivity contribution in [2.75, 3.05) is 0 Å². The molecule has 0 atom stereocenters. The number of hydrogen-bond acceptors (Lipinski definition) is 4. The molecule has 0 saturated heterocycles. The zero-order valence-corrected chi connectivity index (χ0v) is 8.61. The standard InChI is InChI=1S/C11H7N3S/c1-3-8-11(12-5-1)14-9(7-13-8)10-4-2-6-15-10/h1-7H. The SMILES string of the molecule is c1csc(-c2cnc3cccnc3n2)c1. The van der Waals surface area contributed by atoms with Crippen LogP contribution in [0.15, 0.2) is 42.0 Å². The largest absolute Gasteiger partial charge is 0.251 e. The van der Waals surface area contributed by atoms with Gasteiger partial charge in [0.05, 0.1) is 11.1 Å². The van der Waals surface area contributed by atoms with E-state index < -0.39 is 0 Å². The van der Waals surface area contributed by atoms with Gasteiger partial charge in [-0.2, -0.15) is 0 Å². The van der Waals surface area contributed by atoms with Gasteiger partial charge in [-0.15, -0.1) is 11.3 Å². The topological polar surface area (TPSA) is 38.7 Å². The molecule has 0 fully saturated rings. The van der Waals surface area contributed by atoms with Gasteiger partial charge < -0.3 is 0 Å². The lowest BCUT2D eigenvalue weighted by Crippen LogP contribution is -1.88. The van der Waals surface area contributed by atoms with E-state index in [1.165, 1.54) is 0 Å². The van der Waals surface area contributed by atoms with E-state index in [1.807, 2.05) is 29.6 Å². The van der Waals surface area contributed by atoms with Gasteiger partial charge in [-0.25, -0.2) is 9.97 Å². The van der Waals surface area contributed by atoms with Crippen molar-refractivity contribution < 1.29 is 0 Å². The molecule has 3 aromatic heterocycles. The van der Waals surface area contributed by atoms with E-state index in [4.69, 9.17) is 0 Å². The van der Waals surface area contributed by atoms with Gasteiger partial charge in [0.2, 0.25) is 0 Å². The Morgan fingerprint density at radius 3 is 2.93 bits per heavy atom. The summed E-state index contributed by atoms with van der Waals surface area (Å²) in [7, 11) is 0. The van der Waals surface area contributed by atoms with Gasteiger partial charge >= 0.3 is 0 Å². The first-order valence-corrected chi connectivity index (χ1v) is 5.43. The molecule has 4 heteroatoms. The lowest BCUT2D eigenvalue weighted by molar-refractivity contribution is 1.23. The van der Waals surface area contributed by atoms with Gasteiger partial charge in [0, 0.05) is 6.20 Å². The van der Waals surface area contributed by atoms with E-state index in [2.05, 4.69) is 15.0 Å². The van der Waals surface area contributed by atoms with E-state index >= 15 is 0 Å². The Hall–Kier alpha value is -1.81. The van der Waals surface area contributed by atoms with Crippen LogP contribution in [0.4, 0.5) is 0 Å². The Labute approximate surface area is 90.5 Å². The van der Waals surface area contributed by atoms with Crippen LogP contribution in [0.25, 0.3) is 21.7 Å². The molecule has 0 aliphatic carbocycles. The summed E-state index contributed by atoms with van der Waals surface area (Å²) in [6.07, 6.45) is 3.52. The third kappa shape index (κ3) is 1.49. The highest BCUT2D eigenvalue weighted by atomic mass is 32.1. The quantitative estimate of drug-likeness (QED) is 0.624. The zero-order valence-electron chi connectivity index (χ0n) is 7.79. The maximum absolute atomic E-state index is 4.45. The van der Waals surface area contributed by atoms with Crippen molar-refractivity contribution in [1.82, 2.24) is 15.0 Å². The molecular formula is C11H7N3S. The van der Waals surface area contributed by atoms with Crippen LogP contribution < -0.4 is 0 Å². The predicted octanol–water partition coefficient (Wildman–Crippen LogP) is 2.75. The number of aromatic nitrogens is 3. The number of rotatable bonds is 1. The molecule has 0 bridgehead atoms. The smallest absolute Gasteiger partial charge is 0.178 e. The van der Waals surface area contributed by atoms with Crippen LogP contribution in [0, 0.1) is 0 Å². The van der Waals surface area contributed by atoms with Crippen molar-refractivity contribution in [2.45, 2.75) is 0 Å². The second-order valence-electron chi connectivity index (χ2n) is 3.08. The van der Waals surface area contributed by atoms with Crippen molar-refractivity contribution in [1.29, 1.82) is 0 Å². The summed E-state index contributed by atoms with van der Waals surface area (Å²) in [6.45, 7) is 0. The van der Waals surface area contributed by atoms with E-state index in [1.54, 1.807) is 23.7 Å². The van der Waals surface area contributed by atoms with E-state index in [0.29, 0.717) is 5.65 Å². The molecule has 0 aliphatic heterocycles. The fraction of sp³-hybridized carbons (Fsp3) is 0. The molecule has 3 aromatic rings. The minimum Gasteiger partial charge on any atom is -0.251 e. The summed E-state index contributed by atoms with van der Waals surface area (Å²) < 4.78 is 0. The molecule has 15 heavy (non-hydrogen) atoms. The first kappa shape index (κ1) is 8.49. The van der Waals surface area contributed by atoms with Crippen molar-refractivity contribution in [3.05, 3.63) is 42.0 Å². The second kappa shape index (κ2) is 3.40.